The van der Waals surface area contributed by atoms with E-state index in [1.54, 1.807) is 0 Å². The van der Waals surface area contributed by atoms with Crippen LogP contribution in [0.1, 0.15) is 16.8 Å². The first kappa shape index (κ1) is 13.3. The van der Waals surface area contributed by atoms with Gasteiger partial charge in [-0.15, -0.1) is 0 Å². The second-order valence-electron chi connectivity index (χ2n) is 4.85. The summed E-state index contributed by atoms with van der Waals surface area (Å²) in [5.41, 5.74) is 4.59. The highest BCUT2D eigenvalue weighted by Gasteiger charge is 2.09. The normalized spacial score (nSPS) is 10.4. The van der Waals surface area contributed by atoms with Gasteiger partial charge in [-0.3, -0.25) is 0 Å². The maximum Gasteiger partial charge on any atom is 0.224 e. The molecule has 2 aromatic rings. The molecule has 0 saturated heterocycles. The Morgan fingerprint density at radius 3 is 2.16 bits per heavy atom. The van der Waals surface area contributed by atoms with Crippen molar-refractivity contribution in [2.24, 2.45) is 0 Å². The van der Waals surface area contributed by atoms with Crippen molar-refractivity contribution in [2.45, 2.75) is 20.8 Å². The number of hydrogen-bond acceptors (Lipinski definition) is 4. The van der Waals surface area contributed by atoms with Crippen molar-refractivity contribution in [1.29, 1.82) is 0 Å². The van der Waals surface area contributed by atoms with E-state index < -0.39 is 0 Å². The Labute approximate surface area is 114 Å². The summed E-state index contributed by atoms with van der Waals surface area (Å²) in [6.07, 6.45) is 0. The highest BCUT2D eigenvalue weighted by atomic mass is 15.2. The molecule has 1 heterocycles. The van der Waals surface area contributed by atoms with E-state index in [1.807, 2.05) is 27.1 Å². The molecule has 0 fully saturated rings. The van der Waals surface area contributed by atoms with Crippen molar-refractivity contribution in [3.05, 3.63) is 41.1 Å². The van der Waals surface area contributed by atoms with E-state index in [4.69, 9.17) is 0 Å². The second kappa shape index (κ2) is 5.26. The minimum atomic E-state index is 0.645. The minimum absolute atomic E-state index is 0.645. The van der Waals surface area contributed by atoms with E-state index in [0.29, 0.717) is 5.95 Å². The van der Waals surface area contributed by atoms with Gasteiger partial charge in [-0.2, -0.15) is 4.98 Å². The number of nitrogens with one attached hydrogen (secondary N) is 1. The van der Waals surface area contributed by atoms with Crippen LogP contribution < -0.4 is 10.2 Å². The number of aromatic nitrogens is 2. The van der Waals surface area contributed by atoms with E-state index in [0.717, 1.165) is 17.2 Å². The van der Waals surface area contributed by atoms with Crippen LogP contribution in [0, 0.1) is 20.8 Å². The molecule has 1 N–H and O–H groups in total. The molecule has 4 nitrogen and oxygen atoms in total. The Balaban J connectivity index is 2.43. The zero-order chi connectivity index (χ0) is 14.0. The zero-order valence-electron chi connectivity index (χ0n) is 12.2. The molecule has 0 amide bonds. The van der Waals surface area contributed by atoms with Crippen LogP contribution >= 0.6 is 0 Å². The zero-order valence-corrected chi connectivity index (χ0v) is 12.2. The Kier molecular flexibility index (Phi) is 3.69. The molecule has 19 heavy (non-hydrogen) atoms. The molecule has 100 valence electrons. The lowest BCUT2D eigenvalue weighted by Crippen LogP contribution is -2.13. The molecule has 0 aliphatic heterocycles. The van der Waals surface area contributed by atoms with Crippen molar-refractivity contribution in [2.75, 3.05) is 24.3 Å². The molecule has 0 saturated carbocycles. The SMILES string of the molecule is CNc1nc(C)cc(N(C)c2cc(C)cc(C)c2)n1. The van der Waals surface area contributed by atoms with Crippen LogP contribution in [0.5, 0.6) is 0 Å². The van der Waals surface area contributed by atoms with Crippen molar-refractivity contribution < 1.29 is 0 Å². The third-order valence-electron chi connectivity index (χ3n) is 3.00. The highest BCUT2D eigenvalue weighted by Crippen LogP contribution is 2.25. The minimum Gasteiger partial charge on any atom is -0.357 e. The molecular formula is C15H20N4. The summed E-state index contributed by atoms with van der Waals surface area (Å²) in [7, 11) is 3.85. The quantitative estimate of drug-likeness (QED) is 0.915. The van der Waals surface area contributed by atoms with Crippen LogP contribution in [0.3, 0.4) is 0 Å². The van der Waals surface area contributed by atoms with Crippen LogP contribution in [0.2, 0.25) is 0 Å². The van der Waals surface area contributed by atoms with E-state index >= 15 is 0 Å². The van der Waals surface area contributed by atoms with Gasteiger partial charge in [0.1, 0.15) is 5.82 Å². The van der Waals surface area contributed by atoms with Crippen LogP contribution in [0.15, 0.2) is 24.3 Å². The van der Waals surface area contributed by atoms with Gasteiger partial charge in [0.05, 0.1) is 0 Å². The number of anilines is 3. The molecule has 1 aromatic heterocycles. The number of aryl methyl sites for hydroxylation is 3. The fourth-order valence-electron chi connectivity index (χ4n) is 2.11. The fourth-order valence-corrected chi connectivity index (χ4v) is 2.11. The summed E-state index contributed by atoms with van der Waals surface area (Å²) >= 11 is 0. The predicted molar refractivity (Wildman–Crippen MR) is 80.3 cm³/mol. The summed E-state index contributed by atoms with van der Waals surface area (Å²) < 4.78 is 0. The molecule has 0 atom stereocenters. The van der Waals surface area contributed by atoms with E-state index in [2.05, 4.69) is 52.2 Å². The molecule has 0 aliphatic rings. The summed E-state index contributed by atoms with van der Waals surface area (Å²) in [6, 6.07) is 8.47. The highest BCUT2D eigenvalue weighted by molar-refractivity contribution is 5.62. The number of hydrogen-bond donors (Lipinski definition) is 1. The standard InChI is InChI=1S/C15H20N4/c1-10-6-11(2)8-13(7-10)19(5)14-9-12(3)17-15(16-4)18-14/h6-9H,1-5H3,(H,16,17,18). The molecular weight excluding hydrogens is 236 g/mol. The van der Waals surface area contributed by atoms with Crippen molar-refractivity contribution in [3.63, 3.8) is 0 Å². The number of nitrogens with zero attached hydrogens (tertiary/aromatic N) is 3. The van der Waals surface area contributed by atoms with Gasteiger partial charge in [-0.05, 0) is 44.0 Å². The lowest BCUT2D eigenvalue weighted by Gasteiger charge is -2.20. The van der Waals surface area contributed by atoms with Crippen LogP contribution in [0.25, 0.3) is 0 Å². The third-order valence-corrected chi connectivity index (χ3v) is 3.00. The van der Waals surface area contributed by atoms with Gasteiger partial charge in [0, 0.05) is 31.5 Å². The lowest BCUT2D eigenvalue weighted by molar-refractivity contribution is 1.04. The average Bonchev–Trinajstić information content (AvgIpc) is 2.35. The maximum atomic E-state index is 4.49. The molecule has 4 heteroatoms. The second-order valence-corrected chi connectivity index (χ2v) is 4.85. The van der Waals surface area contributed by atoms with Crippen molar-refractivity contribution >= 4 is 17.5 Å². The van der Waals surface area contributed by atoms with E-state index in [1.165, 1.54) is 11.1 Å². The van der Waals surface area contributed by atoms with Gasteiger partial charge < -0.3 is 10.2 Å². The molecule has 0 spiro atoms. The third kappa shape index (κ3) is 3.02. The molecule has 2 rings (SSSR count). The monoisotopic (exact) mass is 256 g/mol. The van der Waals surface area contributed by atoms with Gasteiger partial charge in [0.25, 0.3) is 0 Å². The number of benzene rings is 1. The Morgan fingerprint density at radius 2 is 1.58 bits per heavy atom. The molecule has 0 unspecified atom stereocenters. The van der Waals surface area contributed by atoms with Gasteiger partial charge in [0.15, 0.2) is 0 Å². The molecule has 0 aliphatic carbocycles. The van der Waals surface area contributed by atoms with Crippen LogP contribution in [0.4, 0.5) is 17.5 Å². The largest absolute Gasteiger partial charge is 0.357 e. The van der Waals surface area contributed by atoms with Crippen LogP contribution in [-0.4, -0.2) is 24.1 Å². The van der Waals surface area contributed by atoms with E-state index in [9.17, 15) is 0 Å². The Bertz CT molecular complexity index is 572. The van der Waals surface area contributed by atoms with Crippen molar-refractivity contribution in [1.82, 2.24) is 9.97 Å². The first-order chi connectivity index (χ1) is 8.99. The average molecular weight is 256 g/mol. The first-order valence-corrected chi connectivity index (χ1v) is 6.35. The molecule has 0 bridgehead atoms. The number of rotatable bonds is 3. The smallest absolute Gasteiger partial charge is 0.224 e. The fraction of sp³-hybridized carbons (Fsp3) is 0.333. The molecule has 1 aromatic carbocycles. The lowest BCUT2D eigenvalue weighted by atomic mass is 10.1. The van der Waals surface area contributed by atoms with Crippen molar-refractivity contribution in [3.8, 4) is 0 Å². The summed E-state index contributed by atoms with van der Waals surface area (Å²) in [6.45, 7) is 6.19. The summed E-state index contributed by atoms with van der Waals surface area (Å²) in [5, 5.41) is 2.99. The van der Waals surface area contributed by atoms with E-state index in [-0.39, 0.29) is 0 Å². The topological polar surface area (TPSA) is 41.1 Å². The molecule has 0 radical (unpaired) electrons. The van der Waals surface area contributed by atoms with Gasteiger partial charge in [0.2, 0.25) is 5.95 Å². The van der Waals surface area contributed by atoms with Gasteiger partial charge in [-0.25, -0.2) is 4.98 Å². The van der Waals surface area contributed by atoms with Gasteiger partial charge in [-0.1, -0.05) is 6.07 Å². The maximum absolute atomic E-state index is 4.49. The summed E-state index contributed by atoms with van der Waals surface area (Å²) in [5.74, 6) is 1.54. The Morgan fingerprint density at radius 1 is 0.947 bits per heavy atom. The predicted octanol–water partition coefficient (Wildman–Crippen LogP) is 3.21. The van der Waals surface area contributed by atoms with Gasteiger partial charge >= 0.3 is 0 Å². The summed E-state index contributed by atoms with van der Waals surface area (Å²) in [4.78, 5) is 10.9. The van der Waals surface area contributed by atoms with Crippen LogP contribution in [-0.2, 0) is 0 Å². The first-order valence-electron chi connectivity index (χ1n) is 6.35. The Hall–Kier alpha value is -2.10.